The van der Waals surface area contributed by atoms with Crippen LogP contribution in [-0.2, 0) is 16.2 Å². The first-order valence-electron chi connectivity index (χ1n) is 9.59. The number of anilines is 1. The highest BCUT2D eigenvalue weighted by molar-refractivity contribution is 5.92. The van der Waals surface area contributed by atoms with Gasteiger partial charge in [0.15, 0.2) is 18.1 Å². The number of halogens is 1. The molecule has 0 aliphatic heterocycles. The van der Waals surface area contributed by atoms with Crippen LogP contribution in [0.3, 0.4) is 0 Å². The van der Waals surface area contributed by atoms with Gasteiger partial charge in [0.25, 0.3) is 5.91 Å². The normalized spacial score (nSPS) is 10.4. The Morgan fingerprint density at radius 1 is 1.12 bits per heavy atom. The first kappa shape index (κ1) is 22.3. The molecule has 3 aromatic carbocycles. The van der Waals surface area contributed by atoms with Gasteiger partial charge in [-0.25, -0.2) is 4.39 Å². The second-order valence-corrected chi connectivity index (χ2v) is 6.50. The van der Waals surface area contributed by atoms with Crippen LogP contribution in [0.1, 0.15) is 16.7 Å². The molecule has 0 bridgehead atoms. The molecular weight excluding hydrogens is 413 g/mol. The molecular formula is C24H20FN3O4. The maximum atomic E-state index is 13.0. The van der Waals surface area contributed by atoms with E-state index in [0.717, 1.165) is 0 Å². The van der Waals surface area contributed by atoms with Gasteiger partial charge in [-0.05, 0) is 42.5 Å². The standard InChI is InChI=1S/C24H20FN3O4/c1-30-22-8-4-7-18(14-27-32-15-19-6-3-2-5-17(19)13-26)24(22)31-16-23(29)28-21-11-9-20(25)10-12-21/h2-12,14H,15-16H2,1H3,(H,28,29)/b27-14-. The van der Waals surface area contributed by atoms with Crippen LogP contribution in [0.5, 0.6) is 11.5 Å². The van der Waals surface area contributed by atoms with Gasteiger partial charge < -0.3 is 19.6 Å². The van der Waals surface area contributed by atoms with Crippen LogP contribution in [0.2, 0.25) is 0 Å². The summed E-state index contributed by atoms with van der Waals surface area (Å²) < 4.78 is 24.0. The van der Waals surface area contributed by atoms with Crippen molar-refractivity contribution in [3.63, 3.8) is 0 Å². The second kappa shape index (κ2) is 11.1. The van der Waals surface area contributed by atoms with Gasteiger partial charge in [-0.2, -0.15) is 5.26 Å². The van der Waals surface area contributed by atoms with Crippen molar-refractivity contribution in [3.05, 3.63) is 89.2 Å². The quantitative estimate of drug-likeness (QED) is 0.402. The van der Waals surface area contributed by atoms with E-state index < -0.39 is 11.7 Å². The number of amides is 1. The molecule has 0 aromatic heterocycles. The number of hydrogen-bond donors (Lipinski definition) is 1. The van der Waals surface area contributed by atoms with Gasteiger partial charge in [0.1, 0.15) is 12.4 Å². The van der Waals surface area contributed by atoms with E-state index in [0.29, 0.717) is 33.9 Å². The highest BCUT2D eigenvalue weighted by Gasteiger charge is 2.12. The third-order valence-electron chi connectivity index (χ3n) is 4.33. The van der Waals surface area contributed by atoms with Gasteiger partial charge in [0, 0.05) is 16.8 Å². The van der Waals surface area contributed by atoms with Crippen LogP contribution < -0.4 is 14.8 Å². The average molecular weight is 433 g/mol. The number of carbonyl (C=O) groups excluding carboxylic acids is 1. The number of para-hydroxylation sites is 1. The molecule has 1 N–H and O–H groups in total. The van der Waals surface area contributed by atoms with Gasteiger partial charge >= 0.3 is 0 Å². The molecule has 8 heteroatoms. The van der Waals surface area contributed by atoms with E-state index in [1.807, 2.05) is 6.07 Å². The van der Waals surface area contributed by atoms with Gasteiger partial charge in [0.2, 0.25) is 0 Å². The van der Waals surface area contributed by atoms with Crippen molar-refractivity contribution in [2.24, 2.45) is 5.16 Å². The van der Waals surface area contributed by atoms with E-state index in [2.05, 4.69) is 16.5 Å². The Morgan fingerprint density at radius 2 is 1.91 bits per heavy atom. The lowest BCUT2D eigenvalue weighted by Gasteiger charge is -2.13. The number of nitrogens with zero attached hydrogens (tertiary/aromatic N) is 2. The number of ether oxygens (including phenoxy) is 2. The fourth-order valence-corrected chi connectivity index (χ4v) is 2.77. The predicted octanol–water partition coefficient (Wildman–Crippen LogP) is 4.27. The zero-order valence-electron chi connectivity index (χ0n) is 17.2. The van der Waals surface area contributed by atoms with Crippen LogP contribution in [-0.4, -0.2) is 25.8 Å². The number of nitrogens with one attached hydrogen (secondary N) is 1. The minimum Gasteiger partial charge on any atom is -0.493 e. The first-order chi connectivity index (χ1) is 15.6. The minimum atomic E-state index is -0.422. The summed E-state index contributed by atoms with van der Waals surface area (Å²) in [4.78, 5) is 17.5. The molecule has 0 spiro atoms. The van der Waals surface area contributed by atoms with Crippen LogP contribution in [0.25, 0.3) is 0 Å². The third-order valence-corrected chi connectivity index (χ3v) is 4.33. The molecule has 0 saturated heterocycles. The van der Waals surface area contributed by atoms with E-state index in [9.17, 15) is 9.18 Å². The molecule has 7 nitrogen and oxygen atoms in total. The summed E-state index contributed by atoms with van der Waals surface area (Å²) in [5, 5.41) is 15.7. The van der Waals surface area contributed by atoms with Gasteiger partial charge in [0.05, 0.1) is 25.0 Å². The highest BCUT2D eigenvalue weighted by Crippen LogP contribution is 2.30. The zero-order chi connectivity index (χ0) is 22.8. The van der Waals surface area contributed by atoms with Crippen LogP contribution in [0, 0.1) is 17.1 Å². The van der Waals surface area contributed by atoms with Crippen molar-refractivity contribution in [1.82, 2.24) is 0 Å². The molecule has 1 amide bonds. The number of hydrogen-bond acceptors (Lipinski definition) is 6. The summed E-state index contributed by atoms with van der Waals surface area (Å²) in [6.07, 6.45) is 1.44. The number of benzene rings is 3. The lowest BCUT2D eigenvalue weighted by atomic mass is 10.1. The van der Waals surface area contributed by atoms with Gasteiger partial charge in [-0.1, -0.05) is 29.4 Å². The van der Waals surface area contributed by atoms with Crippen molar-refractivity contribution in [2.75, 3.05) is 19.0 Å². The Morgan fingerprint density at radius 3 is 2.66 bits per heavy atom. The van der Waals surface area contributed by atoms with E-state index in [-0.39, 0.29) is 13.2 Å². The number of rotatable bonds is 9. The van der Waals surface area contributed by atoms with E-state index in [4.69, 9.17) is 19.6 Å². The third kappa shape index (κ3) is 6.06. The Hall–Kier alpha value is -4.38. The zero-order valence-corrected chi connectivity index (χ0v) is 17.2. The predicted molar refractivity (Wildman–Crippen MR) is 117 cm³/mol. The Balaban J connectivity index is 1.64. The summed E-state index contributed by atoms with van der Waals surface area (Å²) in [6, 6.07) is 19.8. The Bertz CT molecular complexity index is 1140. The summed E-state index contributed by atoms with van der Waals surface area (Å²) in [5.74, 6) is -0.0855. The second-order valence-electron chi connectivity index (χ2n) is 6.50. The number of carbonyl (C=O) groups is 1. The van der Waals surface area contributed by atoms with Gasteiger partial charge in [-0.15, -0.1) is 0 Å². The maximum absolute atomic E-state index is 13.0. The largest absolute Gasteiger partial charge is 0.493 e. The molecule has 0 fully saturated rings. The minimum absolute atomic E-state index is 0.125. The number of methoxy groups -OCH3 is 1. The van der Waals surface area contributed by atoms with Crippen molar-refractivity contribution in [3.8, 4) is 17.6 Å². The van der Waals surface area contributed by atoms with E-state index in [1.165, 1.54) is 37.6 Å². The highest BCUT2D eigenvalue weighted by atomic mass is 19.1. The van der Waals surface area contributed by atoms with Crippen molar-refractivity contribution >= 4 is 17.8 Å². The number of nitriles is 1. The lowest BCUT2D eigenvalue weighted by Crippen LogP contribution is -2.20. The van der Waals surface area contributed by atoms with E-state index in [1.54, 1.807) is 36.4 Å². The molecule has 32 heavy (non-hydrogen) atoms. The molecule has 0 aliphatic carbocycles. The summed E-state index contributed by atoms with van der Waals surface area (Å²) >= 11 is 0. The first-order valence-corrected chi connectivity index (χ1v) is 9.59. The monoisotopic (exact) mass is 433 g/mol. The molecule has 162 valence electrons. The van der Waals surface area contributed by atoms with Crippen molar-refractivity contribution < 1.29 is 23.5 Å². The molecule has 0 atom stereocenters. The molecule has 3 rings (SSSR count). The van der Waals surface area contributed by atoms with Crippen molar-refractivity contribution in [2.45, 2.75) is 6.61 Å². The van der Waals surface area contributed by atoms with Crippen LogP contribution in [0.4, 0.5) is 10.1 Å². The van der Waals surface area contributed by atoms with Crippen molar-refractivity contribution in [1.29, 1.82) is 5.26 Å². The SMILES string of the molecule is COc1cccc(/C=N\OCc2ccccc2C#N)c1OCC(=O)Nc1ccc(F)cc1. The molecule has 0 heterocycles. The van der Waals surface area contributed by atoms with E-state index >= 15 is 0 Å². The van der Waals surface area contributed by atoms with Crippen LogP contribution in [0.15, 0.2) is 71.9 Å². The smallest absolute Gasteiger partial charge is 0.262 e. The maximum Gasteiger partial charge on any atom is 0.262 e. The summed E-state index contributed by atoms with van der Waals surface area (Å²) in [5.41, 5.74) is 2.22. The average Bonchev–Trinajstić information content (AvgIpc) is 2.82. The summed E-state index contributed by atoms with van der Waals surface area (Å²) in [6.45, 7) is -0.171. The topological polar surface area (TPSA) is 92.9 Å². The van der Waals surface area contributed by atoms with Gasteiger partial charge in [-0.3, -0.25) is 4.79 Å². The van der Waals surface area contributed by atoms with Crippen LogP contribution >= 0.6 is 0 Å². The molecule has 0 unspecified atom stereocenters. The molecule has 0 saturated carbocycles. The molecule has 3 aromatic rings. The fourth-order valence-electron chi connectivity index (χ4n) is 2.77. The molecule has 0 radical (unpaired) electrons. The number of oxime groups is 1. The molecule has 0 aliphatic rings. The Labute approximate surface area is 184 Å². The summed E-state index contributed by atoms with van der Waals surface area (Å²) in [7, 11) is 1.48. The lowest BCUT2D eigenvalue weighted by molar-refractivity contribution is -0.118. The fraction of sp³-hybridized carbons (Fsp3) is 0.125. The Kier molecular flexibility index (Phi) is 7.76.